The summed E-state index contributed by atoms with van der Waals surface area (Å²) >= 11 is -2.24. The highest BCUT2D eigenvalue weighted by atomic mass is 32.2. The van der Waals surface area contributed by atoms with Crippen LogP contribution in [0.5, 0.6) is 0 Å². The van der Waals surface area contributed by atoms with E-state index in [0.29, 0.717) is 0 Å². The number of hydrogen-bond donors (Lipinski definition) is 2. The first kappa shape index (κ1) is 10.3. The molecule has 6 nitrogen and oxygen atoms in total. The van der Waals surface area contributed by atoms with Gasteiger partial charge in [0.1, 0.15) is 4.90 Å². The molecular formula is C7H5NO5S2. The van der Waals surface area contributed by atoms with Gasteiger partial charge in [0.2, 0.25) is 0 Å². The number of amides is 1. The molecular weight excluding hydrogens is 242 g/mol. The van der Waals surface area contributed by atoms with Gasteiger partial charge >= 0.3 is 0 Å². The summed E-state index contributed by atoms with van der Waals surface area (Å²) < 4.78 is 43.8. The van der Waals surface area contributed by atoms with Crippen LogP contribution in [0, 0.1) is 0 Å². The molecule has 0 aliphatic carbocycles. The first-order chi connectivity index (χ1) is 6.92. The van der Waals surface area contributed by atoms with Crippen molar-refractivity contribution in [2.75, 3.05) is 0 Å². The molecule has 15 heavy (non-hydrogen) atoms. The molecule has 0 fully saturated rings. The van der Waals surface area contributed by atoms with Crippen LogP contribution in [0.25, 0.3) is 0 Å². The SMILES string of the molecule is O=C1NS(=O)(=O)c2ccc(S(=O)O)cc21. The number of carbonyl (C=O) groups excluding carboxylic acids is 1. The Kier molecular flexibility index (Phi) is 2.14. The lowest BCUT2D eigenvalue weighted by atomic mass is 10.2. The van der Waals surface area contributed by atoms with Crippen molar-refractivity contribution in [2.45, 2.75) is 9.79 Å². The van der Waals surface area contributed by atoms with Crippen molar-refractivity contribution in [3.8, 4) is 0 Å². The van der Waals surface area contributed by atoms with Crippen LogP contribution in [0.1, 0.15) is 10.4 Å². The molecule has 1 aromatic carbocycles. The third kappa shape index (κ3) is 1.56. The van der Waals surface area contributed by atoms with Gasteiger partial charge in [0.05, 0.1) is 10.5 Å². The van der Waals surface area contributed by atoms with E-state index in [1.54, 1.807) is 4.72 Å². The smallest absolute Gasteiger partial charge is 0.266 e. The van der Waals surface area contributed by atoms with E-state index < -0.39 is 27.0 Å². The van der Waals surface area contributed by atoms with Crippen molar-refractivity contribution < 1.29 is 22.0 Å². The summed E-state index contributed by atoms with van der Waals surface area (Å²) in [4.78, 5) is 11.0. The maximum absolute atomic E-state index is 11.3. The maximum Gasteiger partial charge on any atom is 0.266 e. The minimum atomic E-state index is -3.78. The molecule has 0 aromatic heterocycles. The Bertz CT molecular complexity index is 577. The number of fused-ring (bicyclic) bond motifs is 1. The summed E-state index contributed by atoms with van der Waals surface area (Å²) in [6, 6.07) is 3.41. The van der Waals surface area contributed by atoms with Crippen molar-refractivity contribution >= 4 is 27.0 Å². The number of carbonyl (C=O) groups is 1. The number of benzene rings is 1. The summed E-state index contributed by atoms with van der Waals surface area (Å²) in [5.41, 5.74) is -0.102. The molecule has 2 N–H and O–H groups in total. The van der Waals surface area contributed by atoms with Gasteiger partial charge in [0.15, 0.2) is 11.1 Å². The normalized spacial score (nSPS) is 19.4. The Balaban J connectivity index is 2.71. The van der Waals surface area contributed by atoms with Crippen LogP contribution >= 0.6 is 0 Å². The highest BCUT2D eigenvalue weighted by Gasteiger charge is 2.32. The molecule has 0 bridgehead atoms. The van der Waals surface area contributed by atoms with Crippen molar-refractivity contribution in [3.05, 3.63) is 23.8 Å². The van der Waals surface area contributed by atoms with Crippen LogP contribution in [0.2, 0.25) is 0 Å². The van der Waals surface area contributed by atoms with Crippen molar-refractivity contribution in [3.63, 3.8) is 0 Å². The van der Waals surface area contributed by atoms with E-state index in [2.05, 4.69) is 0 Å². The topological polar surface area (TPSA) is 101 Å². The van der Waals surface area contributed by atoms with Crippen LogP contribution in [-0.2, 0) is 21.1 Å². The minimum Gasteiger partial charge on any atom is -0.302 e. The highest BCUT2D eigenvalue weighted by molar-refractivity contribution is 7.90. The van der Waals surface area contributed by atoms with E-state index >= 15 is 0 Å². The van der Waals surface area contributed by atoms with E-state index in [0.717, 1.165) is 12.1 Å². The van der Waals surface area contributed by atoms with Gasteiger partial charge in [-0.25, -0.2) is 17.3 Å². The molecule has 1 aliphatic rings. The predicted octanol–water partition coefficient (Wildman–Crippen LogP) is -0.301. The van der Waals surface area contributed by atoms with Gasteiger partial charge in [0, 0.05) is 0 Å². The largest absolute Gasteiger partial charge is 0.302 e. The van der Waals surface area contributed by atoms with Crippen LogP contribution in [0.4, 0.5) is 0 Å². The van der Waals surface area contributed by atoms with Gasteiger partial charge in [-0.3, -0.25) is 4.79 Å². The van der Waals surface area contributed by atoms with Crippen LogP contribution in [0.3, 0.4) is 0 Å². The van der Waals surface area contributed by atoms with E-state index in [9.17, 15) is 17.4 Å². The lowest BCUT2D eigenvalue weighted by Gasteiger charge is -1.97. The van der Waals surface area contributed by atoms with Gasteiger partial charge in [-0.2, -0.15) is 0 Å². The standard InChI is InChI=1S/C7H5NO5S2/c9-7-5-3-4(14(10)11)1-2-6(5)15(12,13)8-7/h1-3H,(H,8,9)(H,10,11). The van der Waals surface area contributed by atoms with Crippen molar-refractivity contribution in [1.82, 2.24) is 4.72 Å². The minimum absolute atomic E-state index is 0.0130. The lowest BCUT2D eigenvalue weighted by Crippen LogP contribution is -2.20. The lowest BCUT2D eigenvalue weighted by molar-refractivity contribution is 0.0985. The van der Waals surface area contributed by atoms with E-state index in [4.69, 9.17) is 4.55 Å². The molecule has 80 valence electrons. The zero-order chi connectivity index (χ0) is 11.2. The summed E-state index contributed by atoms with van der Waals surface area (Å²) in [6.45, 7) is 0. The van der Waals surface area contributed by atoms with Crippen molar-refractivity contribution in [2.24, 2.45) is 0 Å². The highest BCUT2D eigenvalue weighted by Crippen LogP contribution is 2.24. The van der Waals surface area contributed by atoms with Crippen LogP contribution in [-0.4, -0.2) is 23.1 Å². The Labute approximate surface area is 87.6 Å². The molecule has 0 spiro atoms. The molecule has 1 aromatic rings. The number of nitrogens with one attached hydrogen (secondary N) is 1. The first-order valence-electron chi connectivity index (χ1n) is 3.74. The third-order valence-electron chi connectivity index (χ3n) is 1.91. The number of sulfonamides is 1. The van der Waals surface area contributed by atoms with Crippen molar-refractivity contribution in [1.29, 1.82) is 0 Å². The Morgan fingerprint density at radius 2 is 2.00 bits per heavy atom. The molecule has 0 saturated heterocycles. The van der Waals surface area contributed by atoms with E-state index in [1.165, 1.54) is 6.07 Å². The van der Waals surface area contributed by atoms with Gasteiger partial charge in [-0.15, -0.1) is 0 Å². The third-order valence-corrected chi connectivity index (χ3v) is 3.96. The Morgan fingerprint density at radius 1 is 1.33 bits per heavy atom. The number of rotatable bonds is 1. The average molecular weight is 247 g/mol. The molecule has 1 heterocycles. The molecule has 0 radical (unpaired) electrons. The molecule has 2 rings (SSSR count). The Morgan fingerprint density at radius 3 is 2.60 bits per heavy atom. The summed E-state index contributed by atoms with van der Waals surface area (Å²) in [7, 11) is -3.78. The second-order valence-electron chi connectivity index (χ2n) is 2.84. The fraction of sp³-hybridized carbons (Fsp3) is 0. The Hall–Kier alpha value is -1.25. The molecule has 1 amide bonds. The second kappa shape index (κ2) is 3.12. The summed E-state index contributed by atoms with van der Waals surface area (Å²) in [5.74, 6) is -0.780. The molecule has 8 heteroatoms. The van der Waals surface area contributed by atoms with Gasteiger partial charge in [-0.05, 0) is 18.2 Å². The number of hydrogen-bond acceptors (Lipinski definition) is 4. The fourth-order valence-corrected chi connectivity index (χ4v) is 2.82. The summed E-state index contributed by atoms with van der Waals surface area (Å²) in [6.07, 6.45) is 0. The average Bonchev–Trinajstić information content (AvgIpc) is 2.37. The molecule has 1 atom stereocenters. The zero-order valence-electron chi connectivity index (χ0n) is 7.13. The van der Waals surface area contributed by atoms with E-state index in [1.807, 2.05) is 0 Å². The van der Waals surface area contributed by atoms with Gasteiger partial charge < -0.3 is 4.55 Å². The predicted molar refractivity (Wildman–Crippen MR) is 50.1 cm³/mol. The van der Waals surface area contributed by atoms with Gasteiger partial charge in [-0.1, -0.05) is 0 Å². The fourth-order valence-electron chi connectivity index (χ4n) is 1.26. The molecule has 1 aliphatic heterocycles. The molecule has 0 saturated carbocycles. The second-order valence-corrected chi connectivity index (χ2v) is 5.46. The maximum atomic E-state index is 11.3. The van der Waals surface area contributed by atoms with Gasteiger partial charge in [0.25, 0.3) is 15.9 Å². The van der Waals surface area contributed by atoms with E-state index in [-0.39, 0.29) is 15.4 Å². The monoisotopic (exact) mass is 247 g/mol. The zero-order valence-corrected chi connectivity index (χ0v) is 8.76. The first-order valence-corrected chi connectivity index (χ1v) is 6.33. The van der Waals surface area contributed by atoms with Crippen LogP contribution in [0.15, 0.2) is 28.0 Å². The van der Waals surface area contributed by atoms with Crippen LogP contribution < -0.4 is 4.72 Å². The summed E-state index contributed by atoms with van der Waals surface area (Å²) in [5, 5.41) is 0. The quantitative estimate of drug-likeness (QED) is 0.663. The molecule has 1 unspecified atom stereocenters.